The number of ether oxygens (including phenoxy) is 1. The highest BCUT2D eigenvalue weighted by Gasteiger charge is 2.44. The van der Waals surface area contributed by atoms with E-state index in [4.69, 9.17) is 4.74 Å². The third kappa shape index (κ3) is 4.03. The van der Waals surface area contributed by atoms with Crippen LogP contribution in [0.1, 0.15) is 33.3 Å². The summed E-state index contributed by atoms with van der Waals surface area (Å²) in [5.41, 5.74) is -0.999. The zero-order chi connectivity index (χ0) is 16.3. The van der Waals surface area contributed by atoms with Gasteiger partial charge < -0.3 is 14.1 Å². The molecule has 0 aliphatic rings. The number of carbonyl (C=O) groups excluding carboxylic acids is 1. The van der Waals surface area contributed by atoms with Crippen molar-refractivity contribution in [3.8, 4) is 0 Å². The average molecular weight is 315 g/mol. The Morgan fingerprint density at radius 1 is 1.33 bits per heavy atom. The number of benzene rings is 1. The molecule has 1 N–H and O–H groups in total. The SMILES string of the molecule is CO[C@@H](C=O)[C@](C)(N[S+]([O-])C(C)(C)C)c1ccccc1F. The number of hydrogen-bond acceptors (Lipinski definition) is 4. The molecule has 3 atom stereocenters. The van der Waals surface area contributed by atoms with Crippen molar-refractivity contribution in [1.29, 1.82) is 0 Å². The Labute approximate surface area is 128 Å². The fourth-order valence-corrected chi connectivity index (χ4v) is 2.84. The monoisotopic (exact) mass is 315 g/mol. The van der Waals surface area contributed by atoms with Crippen molar-refractivity contribution in [2.24, 2.45) is 0 Å². The highest BCUT2D eigenvalue weighted by Crippen LogP contribution is 2.31. The predicted molar refractivity (Wildman–Crippen MR) is 81.6 cm³/mol. The van der Waals surface area contributed by atoms with Crippen molar-refractivity contribution < 1.29 is 18.5 Å². The molecule has 4 nitrogen and oxygen atoms in total. The van der Waals surface area contributed by atoms with Gasteiger partial charge in [0.15, 0.2) is 6.29 Å². The molecule has 1 unspecified atom stereocenters. The van der Waals surface area contributed by atoms with Crippen LogP contribution in [0.2, 0.25) is 0 Å². The predicted octanol–water partition coefficient (Wildman–Crippen LogP) is 2.31. The van der Waals surface area contributed by atoms with E-state index in [9.17, 15) is 13.7 Å². The molecule has 0 saturated carbocycles. The number of methoxy groups -OCH3 is 1. The van der Waals surface area contributed by atoms with Crippen LogP contribution in [0.4, 0.5) is 4.39 Å². The molecular weight excluding hydrogens is 293 g/mol. The summed E-state index contributed by atoms with van der Waals surface area (Å²) in [6.07, 6.45) is -0.389. The second kappa shape index (κ2) is 6.87. The Balaban J connectivity index is 3.31. The molecule has 0 saturated heterocycles. The van der Waals surface area contributed by atoms with Crippen molar-refractivity contribution in [3.63, 3.8) is 0 Å². The first-order chi connectivity index (χ1) is 9.66. The molecule has 0 aromatic heterocycles. The van der Waals surface area contributed by atoms with Gasteiger partial charge in [-0.25, -0.2) is 4.39 Å². The van der Waals surface area contributed by atoms with Gasteiger partial charge in [-0.3, -0.25) is 0 Å². The van der Waals surface area contributed by atoms with E-state index in [0.717, 1.165) is 0 Å². The lowest BCUT2D eigenvalue weighted by molar-refractivity contribution is -0.120. The topological polar surface area (TPSA) is 61.4 Å². The molecule has 0 heterocycles. The van der Waals surface area contributed by atoms with Gasteiger partial charge in [0.1, 0.15) is 22.2 Å². The molecule has 0 aliphatic heterocycles. The summed E-state index contributed by atoms with van der Waals surface area (Å²) in [6, 6.07) is 6.07. The molecule has 0 aliphatic carbocycles. The van der Waals surface area contributed by atoms with Crippen LogP contribution >= 0.6 is 0 Å². The summed E-state index contributed by atoms with van der Waals surface area (Å²) >= 11 is -1.49. The molecule has 118 valence electrons. The van der Waals surface area contributed by atoms with Crippen LogP contribution in [0.25, 0.3) is 0 Å². The normalized spacial score (nSPS) is 17.9. The lowest BCUT2D eigenvalue weighted by atomic mass is 9.87. The number of carbonyl (C=O) groups is 1. The van der Waals surface area contributed by atoms with Gasteiger partial charge in [0, 0.05) is 24.0 Å². The molecule has 0 amide bonds. The molecule has 6 heteroatoms. The Morgan fingerprint density at radius 3 is 2.33 bits per heavy atom. The van der Waals surface area contributed by atoms with Gasteiger partial charge in [0.25, 0.3) is 0 Å². The minimum Gasteiger partial charge on any atom is -0.598 e. The number of nitrogens with one attached hydrogen (secondary N) is 1. The second-order valence-corrected chi connectivity index (χ2v) is 7.92. The molecule has 1 rings (SSSR count). The highest BCUT2D eigenvalue weighted by atomic mass is 32.2. The molecule has 0 fully saturated rings. The number of halogens is 1. The Bertz CT molecular complexity index is 492. The molecule has 0 bridgehead atoms. The van der Waals surface area contributed by atoms with Gasteiger partial charge in [-0.1, -0.05) is 18.2 Å². The summed E-state index contributed by atoms with van der Waals surface area (Å²) in [5, 5.41) is 0. The van der Waals surface area contributed by atoms with E-state index in [2.05, 4.69) is 4.72 Å². The maximum atomic E-state index is 14.2. The van der Waals surface area contributed by atoms with Gasteiger partial charge in [0.05, 0.1) is 0 Å². The van der Waals surface area contributed by atoms with Gasteiger partial charge >= 0.3 is 0 Å². The van der Waals surface area contributed by atoms with Crippen LogP contribution in [-0.4, -0.2) is 28.8 Å². The van der Waals surface area contributed by atoms with E-state index in [1.54, 1.807) is 45.9 Å². The lowest BCUT2D eigenvalue weighted by Crippen LogP contribution is -2.57. The van der Waals surface area contributed by atoms with Gasteiger partial charge in [-0.2, -0.15) is 0 Å². The van der Waals surface area contributed by atoms with Crippen LogP contribution in [0.15, 0.2) is 24.3 Å². The van der Waals surface area contributed by atoms with Crippen molar-refractivity contribution >= 4 is 17.6 Å². The number of aldehydes is 1. The first kappa shape index (κ1) is 18.1. The standard InChI is InChI=1S/C15H22FNO3S/c1-14(2,3)21(19)17-15(4,13(10-18)20-5)11-8-6-7-9-12(11)16/h6-10,13,17H,1-5H3/t13-,15+,21?/m0/s1. The first-order valence-electron chi connectivity index (χ1n) is 6.59. The van der Waals surface area contributed by atoms with Crippen LogP contribution in [0, 0.1) is 5.82 Å². The molecular formula is C15H22FNO3S. The van der Waals surface area contributed by atoms with Gasteiger partial charge in [0.2, 0.25) is 0 Å². The second-order valence-electron chi connectivity index (χ2n) is 5.96. The number of rotatable bonds is 6. The molecule has 21 heavy (non-hydrogen) atoms. The van der Waals surface area contributed by atoms with E-state index in [-0.39, 0.29) is 5.56 Å². The van der Waals surface area contributed by atoms with E-state index in [0.29, 0.717) is 6.29 Å². The van der Waals surface area contributed by atoms with E-state index in [1.165, 1.54) is 13.2 Å². The summed E-state index contributed by atoms with van der Waals surface area (Å²) < 4.78 is 34.0. The van der Waals surface area contributed by atoms with Crippen molar-refractivity contribution in [1.82, 2.24) is 4.72 Å². The smallest absolute Gasteiger partial charge is 0.151 e. The van der Waals surface area contributed by atoms with Crippen molar-refractivity contribution in [3.05, 3.63) is 35.6 Å². The quantitative estimate of drug-likeness (QED) is 0.646. The third-order valence-corrected chi connectivity index (χ3v) is 4.96. The Morgan fingerprint density at radius 2 is 1.90 bits per heavy atom. The first-order valence-corrected chi connectivity index (χ1v) is 7.74. The van der Waals surface area contributed by atoms with Crippen LogP contribution < -0.4 is 4.72 Å². The fraction of sp³-hybridized carbons (Fsp3) is 0.533. The Kier molecular flexibility index (Phi) is 5.92. The van der Waals surface area contributed by atoms with Crippen LogP contribution in [0.5, 0.6) is 0 Å². The summed E-state index contributed by atoms with van der Waals surface area (Å²) in [5.74, 6) is -0.484. The van der Waals surface area contributed by atoms with Crippen LogP contribution in [0.3, 0.4) is 0 Å². The fourth-order valence-electron chi connectivity index (χ4n) is 1.92. The summed E-state index contributed by atoms with van der Waals surface area (Å²) in [7, 11) is 1.36. The maximum Gasteiger partial charge on any atom is 0.151 e. The number of hydrogen-bond donors (Lipinski definition) is 1. The van der Waals surface area contributed by atoms with Crippen LogP contribution in [-0.2, 0) is 26.4 Å². The van der Waals surface area contributed by atoms with Gasteiger partial charge in [-0.05, 0) is 33.8 Å². The Hall–Kier alpha value is -0.950. The summed E-state index contributed by atoms with van der Waals surface area (Å²) in [4.78, 5) is 11.3. The minimum atomic E-state index is -1.49. The van der Waals surface area contributed by atoms with E-state index >= 15 is 0 Å². The molecule has 0 spiro atoms. The zero-order valence-corrected chi connectivity index (χ0v) is 13.8. The third-order valence-electron chi connectivity index (χ3n) is 3.24. The van der Waals surface area contributed by atoms with E-state index < -0.39 is 33.6 Å². The molecule has 1 aromatic carbocycles. The van der Waals surface area contributed by atoms with Crippen molar-refractivity contribution in [2.45, 2.75) is 44.1 Å². The minimum absolute atomic E-state index is 0.238. The zero-order valence-electron chi connectivity index (χ0n) is 13.0. The molecule has 0 radical (unpaired) electrons. The summed E-state index contributed by atoms with van der Waals surface area (Å²) in [6.45, 7) is 6.99. The lowest BCUT2D eigenvalue weighted by Gasteiger charge is -2.37. The maximum absolute atomic E-state index is 14.2. The largest absolute Gasteiger partial charge is 0.598 e. The van der Waals surface area contributed by atoms with Crippen molar-refractivity contribution in [2.75, 3.05) is 7.11 Å². The van der Waals surface area contributed by atoms with E-state index in [1.807, 2.05) is 0 Å². The highest BCUT2D eigenvalue weighted by molar-refractivity contribution is 7.90. The van der Waals surface area contributed by atoms with Gasteiger partial charge in [-0.15, -0.1) is 4.72 Å². The molecule has 1 aromatic rings. The average Bonchev–Trinajstić information content (AvgIpc) is 2.39.